The normalized spacial score (nSPS) is 18.0. The number of nitrogens with zero attached hydrogens (tertiary/aromatic N) is 3. The molecule has 6 nitrogen and oxygen atoms in total. The van der Waals surface area contributed by atoms with Gasteiger partial charge >= 0.3 is 0 Å². The van der Waals surface area contributed by atoms with Crippen LogP contribution in [0.5, 0.6) is 0 Å². The molecule has 1 aromatic carbocycles. The molecule has 0 aliphatic carbocycles. The lowest BCUT2D eigenvalue weighted by Crippen LogP contribution is -2.40. The van der Waals surface area contributed by atoms with Crippen LogP contribution in [-0.2, 0) is 11.2 Å². The maximum Gasteiger partial charge on any atom is 0.227 e. The van der Waals surface area contributed by atoms with Gasteiger partial charge in [0.1, 0.15) is 0 Å². The zero-order valence-corrected chi connectivity index (χ0v) is 14.6. The second kappa shape index (κ2) is 6.35. The molecule has 0 unspecified atom stereocenters. The summed E-state index contributed by atoms with van der Waals surface area (Å²) in [6.45, 7) is 5.34. The Kier molecular flexibility index (Phi) is 4.03. The van der Waals surface area contributed by atoms with Crippen LogP contribution >= 0.6 is 0 Å². The van der Waals surface area contributed by atoms with Crippen molar-refractivity contribution >= 4 is 16.8 Å². The topological polar surface area (TPSA) is 75.0 Å². The number of nitrogens with one attached hydrogen (secondary N) is 1. The van der Waals surface area contributed by atoms with Crippen molar-refractivity contribution < 1.29 is 9.32 Å². The number of amides is 1. The molecule has 1 aliphatic heterocycles. The van der Waals surface area contributed by atoms with E-state index in [0.29, 0.717) is 18.9 Å². The van der Waals surface area contributed by atoms with Gasteiger partial charge in [0.2, 0.25) is 11.8 Å². The molecule has 6 heteroatoms. The number of aryl methyl sites for hydroxylation is 2. The van der Waals surface area contributed by atoms with E-state index in [1.807, 2.05) is 23.2 Å². The van der Waals surface area contributed by atoms with Gasteiger partial charge in [0.05, 0.1) is 6.42 Å². The fourth-order valence-electron chi connectivity index (χ4n) is 3.76. The Morgan fingerprint density at radius 1 is 1.40 bits per heavy atom. The number of piperidine rings is 1. The summed E-state index contributed by atoms with van der Waals surface area (Å²) in [5.41, 5.74) is 3.34. The predicted octanol–water partition coefficient (Wildman–Crippen LogP) is 3.12. The Hall–Kier alpha value is -2.63. The predicted molar refractivity (Wildman–Crippen MR) is 94.3 cm³/mol. The number of fused-ring (bicyclic) bond motifs is 1. The van der Waals surface area contributed by atoms with Gasteiger partial charge in [-0.1, -0.05) is 17.3 Å². The van der Waals surface area contributed by atoms with E-state index < -0.39 is 0 Å². The van der Waals surface area contributed by atoms with Crippen molar-refractivity contribution in [2.24, 2.45) is 0 Å². The molecule has 1 atom stereocenters. The van der Waals surface area contributed by atoms with Gasteiger partial charge in [0.15, 0.2) is 5.82 Å². The Balaban J connectivity index is 1.50. The first-order valence-corrected chi connectivity index (χ1v) is 8.75. The number of likely N-dealkylation sites (tertiary alicyclic amines) is 1. The SMILES string of the molecule is Cc1nc([C@@H]2CCCN(C(=O)Cc3c[nH]c4cccc(C)c34)C2)no1. The molecule has 2 aromatic heterocycles. The first kappa shape index (κ1) is 15.9. The van der Waals surface area contributed by atoms with Crippen LogP contribution < -0.4 is 0 Å². The molecule has 130 valence electrons. The fraction of sp³-hybridized carbons (Fsp3) is 0.421. The van der Waals surface area contributed by atoms with Crippen molar-refractivity contribution in [2.45, 2.75) is 39.0 Å². The van der Waals surface area contributed by atoms with Gasteiger partial charge in [-0.05, 0) is 37.0 Å². The van der Waals surface area contributed by atoms with E-state index in [2.05, 4.69) is 28.1 Å². The molecule has 0 spiro atoms. The number of carbonyl (C=O) groups excluding carboxylic acids is 1. The van der Waals surface area contributed by atoms with Crippen LogP contribution in [0.2, 0.25) is 0 Å². The number of benzene rings is 1. The minimum atomic E-state index is 0.161. The van der Waals surface area contributed by atoms with Crippen molar-refractivity contribution in [2.75, 3.05) is 13.1 Å². The molecular formula is C19H22N4O2. The summed E-state index contributed by atoms with van der Waals surface area (Å²) in [4.78, 5) is 22.4. The number of rotatable bonds is 3. The molecule has 3 heterocycles. The molecule has 1 fully saturated rings. The lowest BCUT2D eigenvalue weighted by molar-refractivity contribution is -0.131. The molecular weight excluding hydrogens is 316 g/mol. The molecule has 0 bridgehead atoms. The zero-order valence-electron chi connectivity index (χ0n) is 14.6. The molecule has 0 radical (unpaired) electrons. The highest BCUT2D eigenvalue weighted by atomic mass is 16.5. The van der Waals surface area contributed by atoms with Crippen molar-refractivity contribution in [3.05, 3.63) is 47.2 Å². The maximum atomic E-state index is 12.9. The van der Waals surface area contributed by atoms with Crippen LogP contribution in [0.1, 0.15) is 41.6 Å². The minimum absolute atomic E-state index is 0.161. The fourth-order valence-corrected chi connectivity index (χ4v) is 3.76. The van der Waals surface area contributed by atoms with E-state index in [0.717, 1.165) is 36.3 Å². The van der Waals surface area contributed by atoms with E-state index in [-0.39, 0.29) is 11.8 Å². The van der Waals surface area contributed by atoms with Crippen LogP contribution in [0.4, 0.5) is 0 Å². The van der Waals surface area contributed by atoms with Crippen LogP contribution in [0.15, 0.2) is 28.9 Å². The minimum Gasteiger partial charge on any atom is -0.361 e. The highest BCUT2D eigenvalue weighted by Gasteiger charge is 2.28. The Bertz CT molecular complexity index is 911. The monoisotopic (exact) mass is 338 g/mol. The van der Waals surface area contributed by atoms with Crippen LogP contribution in [0.3, 0.4) is 0 Å². The average molecular weight is 338 g/mol. The first-order valence-electron chi connectivity index (χ1n) is 8.75. The largest absolute Gasteiger partial charge is 0.361 e. The molecule has 0 saturated carbocycles. The Morgan fingerprint density at radius 3 is 3.08 bits per heavy atom. The van der Waals surface area contributed by atoms with E-state index in [9.17, 15) is 4.79 Å². The Labute approximate surface area is 146 Å². The van der Waals surface area contributed by atoms with Gasteiger partial charge in [-0.25, -0.2) is 0 Å². The number of hydrogen-bond donors (Lipinski definition) is 1. The molecule has 1 saturated heterocycles. The van der Waals surface area contributed by atoms with Gasteiger partial charge in [-0.2, -0.15) is 4.98 Å². The number of carbonyl (C=O) groups is 1. The summed E-state index contributed by atoms with van der Waals surface area (Å²) < 4.78 is 5.09. The van der Waals surface area contributed by atoms with E-state index >= 15 is 0 Å². The maximum absolute atomic E-state index is 12.9. The van der Waals surface area contributed by atoms with E-state index in [1.54, 1.807) is 6.92 Å². The first-order chi connectivity index (χ1) is 12.1. The van der Waals surface area contributed by atoms with Crippen molar-refractivity contribution in [1.29, 1.82) is 0 Å². The summed E-state index contributed by atoms with van der Waals surface area (Å²) in [7, 11) is 0. The standard InChI is InChI=1S/C19H22N4O2/c1-12-5-3-7-16-18(12)15(10-20-16)9-17(24)23-8-4-6-14(11-23)19-21-13(2)25-22-19/h3,5,7,10,14,20H,4,6,8-9,11H2,1-2H3/t14-/m1/s1. The zero-order chi connectivity index (χ0) is 17.4. The second-order valence-electron chi connectivity index (χ2n) is 6.84. The van der Waals surface area contributed by atoms with Crippen LogP contribution in [-0.4, -0.2) is 39.0 Å². The average Bonchev–Trinajstić information content (AvgIpc) is 3.22. The second-order valence-corrected chi connectivity index (χ2v) is 6.84. The van der Waals surface area contributed by atoms with Gasteiger partial charge in [-0.3, -0.25) is 4.79 Å². The van der Waals surface area contributed by atoms with E-state index in [1.165, 1.54) is 10.9 Å². The number of H-pyrrole nitrogens is 1. The highest BCUT2D eigenvalue weighted by molar-refractivity contribution is 5.91. The Morgan fingerprint density at radius 2 is 2.28 bits per heavy atom. The van der Waals surface area contributed by atoms with Crippen molar-refractivity contribution in [3.63, 3.8) is 0 Å². The summed E-state index contributed by atoms with van der Waals surface area (Å²) in [6, 6.07) is 6.16. The van der Waals surface area contributed by atoms with Gasteiger partial charge < -0.3 is 14.4 Å². The molecule has 1 amide bonds. The summed E-state index contributed by atoms with van der Waals surface area (Å²) >= 11 is 0. The number of hydrogen-bond acceptors (Lipinski definition) is 4. The van der Waals surface area contributed by atoms with Crippen LogP contribution in [0, 0.1) is 13.8 Å². The highest BCUT2D eigenvalue weighted by Crippen LogP contribution is 2.27. The van der Waals surface area contributed by atoms with Gasteiger partial charge in [0, 0.05) is 43.0 Å². The quantitative estimate of drug-likeness (QED) is 0.796. The van der Waals surface area contributed by atoms with Crippen molar-refractivity contribution in [3.8, 4) is 0 Å². The lowest BCUT2D eigenvalue weighted by Gasteiger charge is -2.31. The number of aromatic amines is 1. The summed E-state index contributed by atoms with van der Waals surface area (Å²) in [5, 5.41) is 5.20. The van der Waals surface area contributed by atoms with Crippen LogP contribution in [0.25, 0.3) is 10.9 Å². The molecule has 4 rings (SSSR count). The lowest BCUT2D eigenvalue weighted by atomic mass is 9.96. The van der Waals surface area contributed by atoms with Gasteiger partial charge in [-0.15, -0.1) is 0 Å². The third-order valence-electron chi connectivity index (χ3n) is 5.02. The summed E-state index contributed by atoms with van der Waals surface area (Å²) in [5.74, 6) is 1.62. The molecule has 3 aromatic rings. The van der Waals surface area contributed by atoms with E-state index in [4.69, 9.17) is 4.52 Å². The van der Waals surface area contributed by atoms with Gasteiger partial charge in [0.25, 0.3) is 0 Å². The third kappa shape index (κ3) is 3.04. The molecule has 25 heavy (non-hydrogen) atoms. The number of aromatic nitrogens is 3. The smallest absolute Gasteiger partial charge is 0.227 e. The summed E-state index contributed by atoms with van der Waals surface area (Å²) in [6.07, 6.45) is 4.34. The van der Waals surface area contributed by atoms with Crippen molar-refractivity contribution in [1.82, 2.24) is 20.0 Å². The third-order valence-corrected chi connectivity index (χ3v) is 5.02. The molecule has 1 N–H and O–H groups in total. The molecule has 1 aliphatic rings.